The highest BCUT2D eigenvalue weighted by molar-refractivity contribution is 7.80. The Morgan fingerprint density at radius 2 is 2.12 bits per heavy atom. The summed E-state index contributed by atoms with van der Waals surface area (Å²) in [6.45, 7) is 5.26. The Kier molecular flexibility index (Phi) is 3.72. The average molecular weight is 248 g/mol. The van der Waals surface area contributed by atoms with Crippen molar-refractivity contribution in [3.8, 4) is 0 Å². The maximum absolute atomic E-state index is 13.2. The van der Waals surface area contributed by atoms with Gasteiger partial charge in [0.05, 0.1) is 17.6 Å². The summed E-state index contributed by atoms with van der Waals surface area (Å²) in [6, 6.07) is -0.528. The van der Waals surface area contributed by atoms with Crippen molar-refractivity contribution < 1.29 is 13.9 Å². The van der Waals surface area contributed by atoms with Crippen LogP contribution in [0.2, 0.25) is 0 Å². The van der Waals surface area contributed by atoms with E-state index in [4.69, 9.17) is 22.7 Å². The number of nitrogens with zero attached hydrogens (tertiary/aromatic N) is 1. The van der Waals surface area contributed by atoms with Crippen LogP contribution in [0.5, 0.6) is 0 Å². The minimum absolute atomic E-state index is 0.00306. The van der Waals surface area contributed by atoms with Gasteiger partial charge in [-0.15, -0.1) is 0 Å². The SMILES string of the molecule is CC(C)(C)OC(=O)N1C[C@H](F)C[C@H]1C(N)=S. The first-order chi connectivity index (χ1) is 7.20. The molecule has 0 aliphatic carbocycles. The Morgan fingerprint density at radius 3 is 2.56 bits per heavy atom. The molecular formula is C10H17FN2O2S. The van der Waals surface area contributed by atoms with Crippen molar-refractivity contribution in [3.05, 3.63) is 0 Å². The molecule has 1 heterocycles. The molecule has 16 heavy (non-hydrogen) atoms. The Bertz CT molecular complexity index is 304. The van der Waals surface area contributed by atoms with Crippen molar-refractivity contribution >= 4 is 23.3 Å². The van der Waals surface area contributed by atoms with Crippen LogP contribution in [0.25, 0.3) is 0 Å². The fourth-order valence-electron chi connectivity index (χ4n) is 1.58. The number of nitrogens with two attached hydrogens (primary N) is 1. The smallest absolute Gasteiger partial charge is 0.410 e. The number of likely N-dealkylation sites (tertiary alicyclic amines) is 1. The van der Waals surface area contributed by atoms with E-state index in [0.717, 1.165) is 0 Å². The second-order valence-corrected chi connectivity index (χ2v) is 5.36. The zero-order valence-corrected chi connectivity index (χ0v) is 10.5. The van der Waals surface area contributed by atoms with Crippen molar-refractivity contribution in [2.24, 2.45) is 5.73 Å². The molecule has 1 amide bonds. The van der Waals surface area contributed by atoms with Gasteiger partial charge in [-0.25, -0.2) is 9.18 Å². The molecule has 1 saturated heterocycles. The highest BCUT2D eigenvalue weighted by Gasteiger charge is 2.39. The summed E-state index contributed by atoms with van der Waals surface area (Å²) in [7, 11) is 0. The second kappa shape index (κ2) is 4.53. The van der Waals surface area contributed by atoms with Gasteiger partial charge in [0, 0.05) is 6.42 Å². The van der Waals surface area contributed by atoms with Crippen molar-refractivity contribution in [1.82, 2.24) is 4.90 Å². The lowest BCUT2D eigenvalue weighted by molar-refractivity contribution is 0.0257. The van der Waals surface area contributed by atoms with Crippen LogP contribution in [-0.4, -0.2) is 40.3 Å². The number of ether oxygens (including phenoxy) is 1. The molecule has 1 rings (SSSR count). The number of hydrogen-bond acceptors (Lipinski definition) is 3. The minimum Gasteiger partial charge on any atom is -0.444 e. The molecule has 92 valence electrons. The molecule has 6 heteroatoms. The van der Waals surface area contributed by atoms with E-state index < -0.39 is 23.9 Å². The minimum atomic E-state index is -1.08. The molecule has 1 aliphatic rings. The molecule has 0 aromatic heterocycles. The number of rotatable bonds is 1. The molecule has 0 bridgehead atoms. The molecule has 0 aromatic carbocycles. The maximum atomic E-state index is 13.2. The molecule has 1 aliphatic heterocycles. The van der Waals surface area contributed by atoms with E-state index in [2.05, 4.69) is 0 Å². The largest absolute Gasteiger partial charge is 0.444 e. The number of carbonyl (C=O) groups is 1. The molecule has 0 spiro atoms. The molecule has 0 unspecified atom stereocenters. The number of hydrogen-bond donors (Lipinski definition) is 1. The molecule has 0 radical (unpaired) electrons. The molecule has 2 N–H and O–H groups in total. The summed E-state index contributed by atoms with van der Waals surface area (Å²) >= 11 is 4.81. The van der Waals surface area contributed by atoms with Crippen molar-refractivity contribution in [2.75, 3.05) is 6.54 Å². The van der Waals surface area contributed by atoms with Crippen LogP contribution in [0.15, 0.2) is 0 Å². The molecule has 4 nitrogen and oxygen atoms in total. The van der Waals surface area contributed by atoms with E-state index in [1.54, 1.807) is 20.8 Å². The van der Waals surface area contributed by atoms with Crippen molar-refractivity contribution in [3.63, 3.8) is 0 Å². The van der Waals surface area contributed by atoms with Crippen LogP contribution in [0.3, 0.4) is 0 Å². The topological polar surface area (TPSA) is 55.6 Å². The third-order valence-electron chi connectivity index (χ3n) is 2.21. The first-order valence-electron chi connectivity index (χ1n) is 5.13. The van der Waals surface area contributed by atoms with E-state index in [1.165, 1.54) is 4.90 Å². The quantitative estimate of drug-likeness (QED) is 0.716. The van der Waals surface area contributed by atoms with Crippen LogP contribution in [0.4, 0.5) is 9.18 Å². The fraction of sp³-hybridized carbons (Fsp3) is 0.800. The Hall–Kier alpha value is -0.910. The summed E-state index contributed by atoms with van der Waals surface area (Å²) in [4.78, 5) is 13.1. The van der Waals surface area contributed by atoms with E-state index in [0.29, 0.717) is 0 Å². The Balaban J connectivity index is 2.71. The van der Waals surface area contributed by atoms with E-state index >= 15 is 0 Å². The van der Waals surface area contributed by atoms with Gasteiger partial charge in [0.2, 0.25) is 0 Å². The van der Waals surface area contributed by atoms with Crippen LogP contribution in [0.1, 0.15) is 27.2 Å². The Labute approximate surface area is 99.9 Å². The number of alkyl halides is 1. The van der Waals surface area contributed by atoms with Gasteiger partial charge < -0.3 is 10.5 Å². The van der Waals surface area contributed by atoms with Crippen molar-refractivity contribution in [2.45, 2.75) is 45.0 Å². The predicted octanol–water partition coefficient (Wildman–Crippen LogP) is 1.62. The summed E-state index contributed by atoms with van der Waals surface area (Å²) in [5.41, 5.74) is 4.86. The van der Waals surface area contributed by atoms with Gasteiger partial charge >= 0.3 is 6.09 Å². The fourth-order valence-corrected chi connectivity index (χ4v) is 1.80. The van der Waals surface area contributed by atoms with Gasteiger partial charge in [0.25, 0.3) is 0 Å². The van der Waals surface area contributed by atoms with E-state index in [1.807, 2.05) is 0 Å². The molecule has 1 fully saturated rings. The third-order valence-corrected chi connectivity index (χ3v) is 2.48. The van der Waals surface area contributed by atoms with E-state index in [9.17, 15) is 9.18 Å². The summed E-state index contributed by atoms with van der Waals surface area (Å²) in [5.74, 6) is 0. The van der Waals surface area contributed by atoms with E-state index in [-0.39, 0.29) is 18.0 Å². The standard InChI is InChI=1S/C10H17FN2O2S/c1-10(2,3)15-9(14)13-5-6(11)4-7(13)8(12)16/h6-7H,4-5H2,1-3H3,(H2,12,16)/t6-,7+/m1/s1. The number of thiocarbonyl (C=S) groups is 1. The Morgan fingerprint density at radius 1 is 1.56 bits per heavy atom. The zero-order valence-electron chi connectivity index (χ0n) is 9.70. The number of amides is 1. The zero-order chi connectivity index (χ0) is 12.5. The molecule has 2 atom stereocenters. The van der Waals surface area contributed by atoms with Crippen LogP contribution >= 0.6 is 12.2 Å². The molecule has 0 aromatic rings. The number of halogens is 1. The van der Waals surface area contributed by atoms with Gasteiger partial charge in [-0.2, -0.15) is 0 Å². The normalized spacial score (nSPS) is 25.6. The lowest BCUT2D eigenvalue weighted by Crippen LogP contribution is -2.45. The van der Waals surface area contributed by atoms with Crippen LogP contribution in [0, 0.1) is 0 Å². The average Bonchev–Trinajstić information content (AvgIpc) is 2.44. The van der Waals surface area contributed by atoms with Gasteiger partial charge in [0.15, 0.2) is 0 Å². The maximum Gasteiger partial charge on any atom is 0.410 e. The lowest BCUT2D eigenvalue weighted by atomic mass is 10.2. The third kappa shape index (κ3) is 3.30. The first kappa shape index (κ1) is 13.2. The monoisotopic (exact) mass is 248 g/mol. The summed E-state index contributed by atoms with van der Waals surface area (Å²) in [6.07, 6.45) is -1.49. The predicted molar refractivity (Wildman–Crippen MR) is 63.0 cm³/mol. The van der Waals surface area contributed by atoms with Crippen LogP contribution in [-0.2, 0) is 4.74 Å². The molecular weight excluding hydrogens is 231 g/mol. The van der Waals surface area contributed by atoms with Crippen molar-refractivity contribution in [1.29, 1.82) is 0 Å². The summed E-state index contributed by atoms with van der Waals surface area (Å²) in [5, 5.41) is 0. The highest BCUT2D eigenvalue weighted by atomic mass is 32.1. The van der Waals surface area contributed by atoms with Gasteiger partial charge in [0.1, 0.15) is 11.8 Å². The first-order valence-corrected chi connectivity index (χ1v) is 5.54. The highest BCUT2D eigenvalue weighted by Crippen LogP contribution is 2.23. The van der Waals surface area contributed by atoms with Crippen LogP contribution < -0.4 is 5.73 Å². The second-order valence-electron chi connectivity index (χ2n) is 4.88. The van der Waals surface area contributed by atoms with Gasteiger partial charge in [-0.05, 0) is 20.8 Å². The number of carbonyl (C=O) groups excluding carboxylic acids is 1. The van der Waals surface area contributed by atoms with Gasteiger partial charge in [-0.3, -0.25) is 4.90 Å². The summed E-state index contributed by atoms with van der Waals surface area (Å²) < 4.78 is 18.4. The lowest BCUT2D eigenvalue weighted by Gasteiger charge is -2.27. The van der Waals surface area contributed by atoms with Gasteiger partial charge in [-0.1, -0.05) is 12.2 Å². The molecule has 0 saturated carbocycles.